The van der Waals surface area contributed by atoms with Crippen LogP contribution in [-0.2, 0) is 0 Å². The van der Waals surface area contributed by atoms with Crippen LogP contribution < -0.4 is 15.8 Å². The van der Waals surface area contributed by atoms with Gasteiger partial charge in [-0.2, -0.15) is 0 Å². The standard InChI is InChI=1S/C21H22N6O2/c1-2-26(15-9-4-3-5-10-15)14-8-13-22-20(28)18-19-21(29)23-16-11-6-7-12-17(16)27(19)25-24-18/h3-7,9-12H,2,8,13-14H2,1H3,(H,22,28)(H,23,29). The first-order valence-corrected chi connectivity index (χ1v) is 9.63. The molecule has 0 spiro atoms. The van der Waals surface area contributed by atoms with Gasteiger partial charge in [-0.25, -0.2) is 4.52 Å². The second-order valence-corrected chi connectivity index (χ2v) is 6.69. The lowest BCUT2D eigenvalue weighted by Crippen LogP contribution is -2.30. The SMILES string of the molecule is CCN(CCCNC(=O)c1nnn2c1c(=O)[nH]c1ccccc12)c1ccccc1. The molecule has 8 heteroatoms. The fourth-order valence-electron chi connectivity index (χ4n) is 3.42. The molecule has 0 saturated carbocycles. The number of fused-ring (bicyclic) bond motifs is 3. The van der Waals surface area contributed by atoms with E-state index in [4.69, 9.17) is 0 Å². The molecule has 2 aromatic carbocycles. The number of aromatic nitrogens is 4. The molecular weight excluding hydrogens is 368 g/mol. The number of rotatable bonds is 7. The van der Waals surface area contributed by atoms with Crippen LogP contribution in [0.3, 0.4) is 0 Å². The lowest BCUT2D eigenvalue weighted by Gasteiger charge is -2.23. The van der Waals surface area contributed by atoms with Crippen molar-refractivity contribution in [1.82, 2.24) is 25.1 Å². The Hall–Kier alpha value is -3.68. The van der Waals surface area contributed by atoms with Crippen LogP contribution in [0.1, 0.15) is 23.8 Å². The van der Waals surface area contributed by atoms with Gasteiger partial charge in [0.25, 0.3) is 11.5 Å². The number of carbonyl (C=O) groups is 1. The molecule has 0 aliphatic rings. The lowest BCUT2D eigenvalue weighted by atomic mass is 10.2. The quantitative estimate of drug-likeness (QED) is 0.472. The number of nitrogens with zero attached hydrogens (tertiary/aromatic N) is 4. The van der Waals surface area contributed by atoms with Crippen LogP contribution >= 0.6 is 0 Å². The fraction of sp³-hybridized carbons (Fsp3) is 0.238. The maximum Gasteiger partial charge on any atom is 0.277 e. The summed E-state index contributed by atoms with van der Waals surface area (Å²) in [6.07, 6.45) is 0.771. The van der Waals surface area contributed by atoms with Gasteiger partial charge in [-0.3, -0.25) is 9.59 Å². The monoisotopic (exact) mass is 390 g/mol. The number of carbonyl (C=O) groups excluding carboxylic acids is 1. The number of anilines is 1. The highest BCUT2D eigenvalue weighted by Gasteiger charge is 2.19. The Morgan fingerprint density at radius 1 is 1.14 bits per heavy atom. The second-order valence-electron chi connectivity index (χ2n) is 6.69. The first-order chi connectivity index (χ1) is 14.2. The summed E-state index contributed by atoms with van der Waals surface area (Å²) in [4.78, 5) is 30.1. The van der Waals surface area contributed by atoms with Gasteiger partial charge < -0.3 is 15.2 Å². The minimum absolute atomic E-state index is 0.0346. The minimum Gasteiger partial charge on any atom is -0.372 e. The van der Waals surface area contributed by atoms with Gasteiger partial charge in [0.15, 0.2) is 11.2 Å². The van der Waals surface area contributed by atoms with Gasteiger partial charge in [-0.15, -0.1) is 5.10 Å². The Morgan fingerprint density at radius 2 is 1.90 bits per heavy atom. The summed E-state index contributed by atoms with van der Waals surface area (Å²) in [5.74, 6) is -0.399. The molecule has 0 radical (unpaired) electrons. The summed E-state index contributed by atoms with van der Waals surface area (Å²) in [6, 6.07) is 17.4. The fourth-order valence-corrected chi connectivity index (χ4v) is 3.42. The average Bonchev–Trinajstić information content (AvgIpc) is 3.21. The zero-order chi connectivity index (χ0) is 20.2. The van der Waals surface area contributed by atoms with Gasteiger partial charge in [-0.1, -0.05) is 35.5 Å². The molecule has 4 rings (SSSR count). The lowest BCUT2D eigenvalue weighted by molar-refractivity contribution is 0.0950. The Labute approximate surface area is 167 Å². The molecule has 0 atom stereocenters. The van der Waals surface area contributed by atoms with Crippen molar-refractivity contribution in [3.63, 3.8) is 0 Å². The van der Waals surface area contributed by atoms with E-state index in [0.29, 0.717) is 17.6 Å². The van der Waals surface area contributed by atoms with Crippen LogP contribution in [0.25, 0.3) is 16.6 Å². The normalized spacial score (nSPS) is 11.1. The predicted octanol–water partition coefficient (Wildman–Crippen LogP) is 2.22. The third kappa shape index (κ3) is 3.69. The predicted molar refractivity (Wildman–Crippen MR) is 112 cm³/mol. The summed E-state index contributed by atoms with van der Waals surface area (Å²) in [5, 5.41) is 10.8. The number of amides is 1. The Kier molecular flexibility index (Phi) is 5.24. The van der Waals surface area contributed by atoms with Crippen LogP contribution in [-0.4, -0.2) is 45.4 Å². The summed E-state index contributed by atoms with van der Waals surface area (Å²) >= 11 is 0. The number of H-pyrrole nitrogens is 1. The van der Waals surface area contributed by atoms with Crippen LogP contribution in [0.4, 0.5) is 5.69 Å². The first-order valence-electron chi connectivity index (χ1n) is 9.63. The van der Waals surface area contributed by atoms with E-state index in [1.54, 1.807) is 6.07 Å². The highest BCUT2D eigenvalue weighted by Crippen LogP contribution is 2.14. The van der Waals surface area contributed by atoms with Crippen molar-refractivity contribution in [3.05, 3.63) is 70.6 Å². The molecule has 4 aromatic rings. The van der Waals surface area contributed by atoms with E-state index in [9.17, 15) is 9.59 Å². The van der Waals surface area contributed by atoms with E-state index in [-0.39, 0.29) is 16.8 Å². The Bertz CT molecular complexity index is 1200. The van der Waals surface area contributed by atoms with Crippen LogP contribution in [0, 0.1) is 0 Å². The molecule has 2 N–H and O–H groups in total. The van der Waals surface area contributed by atoms with Gasteiger partial charge in [0, 0.05) is 25.3 Å². The van der Waals surface area contributed by atoms with Crippen LogP contribution in [0.5, 0.6) is 0 Å². The topological polar surface area (TPSA) is 95.4 Å². The molecule has 29 heavy (non-hydrogen) atoms. The van der Waals surface area contributed by atoms with Gasteiger partial charge >= 0.3 is 0 Å². The number of para-hydroxylation sites is 3. The molecule has 0 aliphatic carbocycles. The first kappa shape index (κ1) is 18.7. The molecular formula is C21H22N6O2. The summed E-state index contributed by atoms with van der Waals surface area (Å²) in [7, 11) is 0. The molecule has 0 saturated heterocycles. The zero-order valence-electron chi connectivity index (χ0n) is 16.1. The number of nitrogens with one attached hydrogen (secondary N) is 2. The van der Waals surface area contributed by atoms with Crippen molar-refractivity contribution in [1.29, 1.82) is 0 Å². The second kappa shape index (κ2) is 8.14. The molecule has 2 heterocycles. The van der Waals surface area contributed by atoms with E-state index in [2.05, 4.69) is 44.6 Å². The molecule has 0 fully saturated rings. The summed E-state index contributed by atoms with van der Waals surface area (Å²) in [6.45, 7) is 4.28. The third-order valence-corrected chi connectivity index (χ3v) is 4.87. The zero-order valence-corrected chi connectivity index (χ0v) is 16.1. The van der Waals surface area contributed by atoms with Crippen molar-refractivity contribution < 1.29 is 4.79 Å². The highest BCUT2D eigenvalue weighted by atomic mass is 16.2. The van der Waals surface area contributed by atoms with Crippen molar-refractivity contribution >= 4 is 28.1 Å². The molecule has 8 nitrogen and oxygen atoms in total. The van der Waals surface area contributed by atoms with Gasteiger partial charge in [0.05, 0.1) is 11.0 Å². The van der Waals surface area contributed by atoms with Gasteiger partial charge in [-0.05, 0) is 37.6 Å². The number of benzene rings is 2. The van der Waals surface area contributed by atoms with E-state index in [1.807, 2.05) is 36.4 Å². The van der Waals surface area contributed by atoms with Gasteiger partial charge in [0.2, 0.25) is 0 Å². The maximum atomic E-state index is 12.6. The largest absolute Gasteiger partial charge is 0.372 e. The minimum atomic E-state index is -0.399. The van der Waals surface area contributed by atoms with Gasteiger partial charge in [0.1, 0.15) is 0 Å². The summed E-state index contributed by atoms with van der Waals surface area (Å²) < 4.78 is 1.41. The van der Waals surface area contributed by atoms with E-state index < -0.39 is 5.91 Å². The number of hydrogen-bond donors (Lipinski definition) is 2. The Morgan fingerprint density at radius 3 is 2.69 bits per heavy atom. The van der Waals surface area contributed by atoms with Crippen molar-refractivity contribution in [3.8, 4) is 0 Å². The van der Waals surface area contributed by atoms with Crippen molar-refractivity contribution in [2.45, 2.75) is 13.3 Å². The highest BCUT2D eigenvalue weighted by molar-refractivity contribution is 5.99. The molecule has 0 aliphatic heterocycles. The maximum absolute atomic E-state index is 12.6. The molecule has 1 amide bonds. The van der Waals surface area contributed by atoms with E-state index >= 15 is 0 Å². The number of aromatic amines is 1. The molecule has 0 unspecified atom stereocenters. The van der Waals surface area contributed by atoms with Crippen LogP contribution in [0.2, 0.25) is 0 Å². The van der Waals surface area contributed by atoms with Crippen LogP contribution in [0.15, 0.2) is 59.4 Å². The molecule has 2 aromatic heterocycles. The summed E-state index contributed by atoms with van der Waals surface area (Å²) in [5.41, 5.74) is 2.29. The number of hydrogen-bond acceptors (Lipinski definition) is 5. The van der Waals surface area contributed by atoms with E-state index in [1.165, 1.54) is 4.52 Å². The van der Waals surface area contributed by atoms with Crippen molar-refractivity contribution in [2.75, 3.05) is 24.5 Å². The molecule has 0 bridgehead atoms. The third-order valence-electron chi connectivity index (χ3n) is 4.87. The Balaban J connectivity index is 1.45. The van der Waals surface area contributed by atoms with E-state index in [0.717, 1.165) is 25.2 Å². The van der Waals surface area contributed by atoms with Crippen molar-refractivity contribution in [2.24, 2.45) is 0 Å². The molecule has 148 valence electrons. The average molecular weight is 390 g/mol. The smallest absolute Gasteiger partial charge is 0.277 e.